The van der Waals surface area contributed by atoms with Gasteiger partial charge in [0.15, 0.2) is 5.82 Å². The molecule has 1 N–H and O–H groups in total. The number of halogens is 12. The van der Waals surface area contributed by atoms with E-state index in [2.05, 4.69) is 0 Å². The lowest BCUT2D eigenvalue weighted by atomic mass is 9.90. The normalized spacial score (nSPS) is 12.7. The van der Waals surface area contributed by atoms with Crippen LogP contribution >= 0.6 is 0 Å². The zero-order valence-electron chi connectivity index (χ0n) is 21.0. The van der Waals surface area contributed by atoms with Gasteiger partial charge in [0.25, 0.3) is 11.8 Å². The molecule has 0 aliphatic carbocycles. The zero-order valence-corrected chi connectivity index (χ0v) is 21.0. The van der Waals surface area contributed by atoms with Gasteiger partial charge >= 0.3 is 24.2 Å². The third-order valence-corrected chi connectivity index (χ3v) is 6.02. The van der Waals surface area contributed by atoms with E-state index in [0.717, 1.165) is 37.4 Å². The van der Waals surface area contributed by atoms with E-state index in [9.17, 15) is 57.9 Å². The first-order valence-corrected chi connectivity index (χ1v) is 11.3. The molecule has 2 amide bonds. The van der Waals surface area contributed by atoms with Crippen LogP contribution in [0.1, 0.15) is 37.4 Å². The molecule has 0 saturated heterocycles. The molecule has 0 unspecified atom stereocenters. The number of benzene rings is 3. The van der Waals surface area contributed by atoms with Gasteiger partial charge in [-0.2, -0.15) is 39.5 Å². The number of carbonyl (C=O) groups excluding carboxylic acids is 2. The first kappa shape index (κ1) is 32.3. The molecule has 3 rings (SSSR count). The Kier molecular flexibility index (Phi) is 8.35. The number of rotatable bonds is 5. The Labute approximate surface area is 228 Å². The summed E-state index contributed by atoms with van der Waals surface area (Å²) in [6, 6.07) is 6.03. The molecule has 0 spiro atoms. The standard InChI is InChI=1S/C26H16F12N2O2/c1-12-9-14(23(29,25(33,34)35)26(36,37)38)11-17(24(30,31)32)20(12)39-21(41)16-7-4-8-18(19(16)28)40(2)22(42)13-5-3-6-15(27)10-13/h3-11H,1-2H3,(H,39,41). The fourth-order valence-corrected chi connectivity index (χ4v) is 3.92. The average molecular weight is 616 g/mol. The summed E-state index contributed by atoms with van der Waals surface area (Å²) in [6.45, 7) is 0.569. The first-order chi connectivity index (χ1) is 19.1. The maximum atomic E-state index is 15.3. The minimum Gasteiger partial charge on any atom is -0.321 e. The molecule has 0 bridgehead atoms. The summed E-state index contributed by atoms with van der Waals surface area (Å²) in [7, 11) is 1.03. The topological polar surface area (TPSA) is 49.4 Å². The van der Waals surface area contributed by atoms with E-state index in [-0.39, 0.29) is 11.6 Å². The SMILES string of the molecule is Cc1cc(C(F)(C(F)(F)F)C(F)(F)F)cc(C(F)(F)F)c1NC(=O)c1cccc(N(C)C(=O)c2cccc(F)c2)c1F. The minimum atomic E-state index is -6.72. The van der Waals surface area contributed by atoms with Crippen molar-refractivity contribution >= 4 is 23.2 Å². The van der Waals surface area contributed by atoms with Gasteiger partial charge in [0.2, 0.25) is 0 Å². The largest absolute Gasteiger partial charge is 0.435 e. The third kappa shape index (κ3) is 5.87. The second-order valence-electron chi connectivity index (χ2n) is 8.83. The fourth-order valence-electron chi connectivity index (χ4n) is 3.92. The predicted molar refractivity (Wildman–Crippen MR) is 125 cm³/mol. The van der Waals surface area contributed by atoms with E-state index in [4.69, 9.17) is 0 Å². The summed E-state index contributed by atoms with van der Waals surface area (Å²) in [4.78, 5) is 26.1. The summed E-state index contributed by atoms with van der Waals surface area (Å²) in [5.41, 5.74) is -15.2. The number of hydrogen-bond acceptors (Lipinski definition) is 2. The molecule has 4 nitrogen and oxygen atoms in total. The van der Waals surface area contributed by atoms with Crippen LogP contribution in [0.5, 0.6) is 0 Å². The number of amides is 2. The molecule has 0 atom stereocenters. The molecule has 42 heavy (non-hydrogen) atoms. The number of alkyl halides is 10. The number of nitrogens with one attached hydrogen (secondary N) is 1. The van der Waals surface area contributed by atoms with E-state index < -0.39 is 87.3 Å². The molecule has 0 aliphatic heterocycles. The molecule has 0 aliphatic rings. The van der Waals surface area contributed by atoms with Crippen LogP contribution in [0.3, 0.4) is 0 Å². The van der Waals surface area contributed by atoms with Crippen LogP contribution in [0.15, 0.2) is 54.6 Å². The molecular weight excluding hydrogens is 600 g/mol. The van der Waals surface area contributed by atoms with Gasteiger partial charge in [0.05, 0.1) is 22.5 Å². The molecule has 0 aromatic heterocycles. The van der Waals surface area contributed by atoms with Crippen molar-refractivity contribution in [3.05, 3.63) is 94.0 Å². The predicted octanol–water partition coefficient (Wildman–Crippen LogP) is 8.11. The van der Waals surface area contributed by atoms with Gasteiger partial charge in [0, 0.05) is 18.2 Å². The molecular formula is C26H16F12N2O2. The molecule has 0 fully saturated rings. The van der Waals surface area contributed by atoms with E-state index >= 15 is 4.39 Å². The summed E-state index contributed by atoms with van der Waals surface area (Å²) in [5, 5.41) is 1.60. The van der Waals surface area contributed by atoms with E-state index in [1.807, 2.05) is 0 Å². The Balaban J connectivity index is 2.08. The lowest BCUT2D eigenvalue weighted by Crippen LogP contribution is -2.50. The van der Waals surface area contributed by atoms with Crippen LogP contribution in [0.25, 0.3) is 0 Å². The van der Waals surface area contributed by atoms with E-state index in [0.29, 0.717) is 11.8 Å². The molecule has 0 radical (unpaired) electrons. The van der Waals surface area contributed by atoms with Crippen molar-refractivity contribution in [3.8, 4) is 0 Å². The lowest BCUT2D eigenvalue weighted by Gasteiger charge is -2.31. The van der Waals surface area contributed by atoms with Gasteiger partial charge in [0.1, 0.15) is 5.82 Å². The maximum absolute atomic E-state index is 15.3. The van der Waals surface area contributed by atoms with Crippen LogP contribution < -0.4 is 10.2 Å². The van der Waals surface area contributed by atoms with Crippen molar-refractivity contribution in [1.29, 1.82) is 0 Å². The Morgan fingerprint density at radius 2 is 1.36 bits per heavy atom. The zero-order chi connectivity index (χ0) is 32.0. The first-order valence-electron chi connectivity index (χ1n) is 11.3. The molecule has 0 heterocycles. The smallest absolute Gasteiger partial charge is 0.321 e. The lowest BCUT2D eigenvalue weighted by molar-refractivity contribution is -0.348. The highest BCUT2D eigenvalue weighted by Crippen LogP contribution is 2.54. The Morgan fingerprint density at radius 3 is 1.88 bits per heavy atom. The van der Waals surface area contributed by atoms with E-state index in [1.165, 1.54) is 12.1 Å². The van der Waals surface area contributed by atoms with Gasteiger partial charge < -0.3 is 10.2 Å². The highest BCUT2D eigenvalue weighted by Gasteiger charge is 2.73. The second-order valence-corrected chi connectivity index (χ2v) is 8.83. The van der Waals surface area contributed by atoms with Crippen molar-refractivity contribution in [1.82, 2.24) is 0 Å². The molecule has 226 valence electrons. The van der Waals surface area contributed by atoms with Crippen LogP contribution in [0, 0.1) is 18.6 Å². The number of anilines is 2. The molecule has 0 saturated carbocycles. The maximum Gasteiger partial charge on any atom is 0.435 e. The molecule has 3 aromatic carbocycles. The van der Waals surface area contributed by atoms with Gasteiger partial charge in [-0.1, -0.05) is 18.2 Å². The quantitative estimate of drug-likeness (QED) is 0.295. The second kappa shape index (κ2) is 10.9. The van der Waals surface area contributed by atoms with Crippen LogP contribution in [0.4, 0.5) is 64.1 Å². The molecule has 16 heteroatoms. The number of nitrogens with zero attached hydrogens (tertiary/aromatic N) is 1. The Morgan fingerprint density at radius 1 is 0.786 bits per heavy atom. The van der Waals surface area contributed by atoms with Gasteiger partial charge in [-0.05, 0) is 48.9 Å². The Hall–Kier alpha value is -4.24. The summed E-state index contributed by atoms with van der Waals surface area (Å²) in [5.74, 6) is -4.89. The highest BCUT2D eigenvalue weighted by molar-refractivity contribution is 6.09. The monoisotopic (exact) mass is 616 g/mol. The van der Waals surface area contributed by atoms with Gasteiger partial charge in [-0.15, -0.1) is 0 Å². The van der Waals surface area contributed by atoms with Crippen LogP contribution in [0.2, 0.25) is 0 Å². The third-order valence-electron chi connectivity index (χ3n) is 6.02. The Bertz CT molecular complexity index is 1510. The van der Waals surface area contributed by atoms with Crippen LogP contribution in [-0.2, 0) is 11.8 Å². The average Bonchev–Trinajstić information content (AvgIpc) is 2.86. The van der Waals surface area contributed by atoms with E-state index in [1.54, 1.807) is 5.32 Å². The van der Waals surface area contributed by atoms with Crippen molar-refractivity contribution < 1.29 is 62.3 Å². The van der Waals surface area contributed by atoms with Crippen molar-refractivity contribution in [3.63, 3.8) is 0 Å². The minimum absolute atomic E-state index is 0.177. The van der Waals surface area contributed by atoms with Crippen molar-refractivity contribution in [2.24, 2.45) is 0 Å². The van der Waals surface area contributed by atoms with Crippen molar-refractivity contribution in [2.45, 2.75) is 31.1 Å². The number of carbonyl (C=O) groups is 2. The summed E-state index contributed by atoms with van der Waals surface area (Å²) >= 11 is 0. The highest BCUT2D eigenvalue weighted by atomic mass is 19.4. The van der Waals surface area contributed by atoms with Gasteiger partial charge in [-0.3, -0.25) is 9.59 Å². The number of aryl methyl sites for hydroxylation is 1. The van der Waals surface area contributed by atoms with Crippen molar-refractivity contribution in [2.75, 3.05) is 17.3 Å². The summed E-state index contributed by atoms with van der Waals surface area (Å²) < 4.78 is 164. The van der Waals surface area contributed by atoms with Crippen LogP contribution in [-0.4, -0.2) is 31.2 Å². The fraction of sp³-hybridized carbons (Fsp3) is 0.231. The van der Waals surface area contributed by atoms with Gasteiger partial charge in [-0.25, -0.2) is 13.2 Å². The number of hydrogen-bond donors (Lipinski definition) is 1. The summed E-state index contributed by atoms with van der Waals surface area (Å²) in [6.07, 6.45) is -19.2. The molecule has 3 aromatic rings.